The lowest BCUT2D eigenvalue weighted by molar-refractivity contribution is -0.133. The van der Waals surface area contributed by atoms with Crippen LogP contribution in [0.15, 0.2) is 17.3 Å². The van der Waals surface area contributed by atoms with Gasteiger partial charge in [0.1, 0.15) is 0 Å². The molecule has 0 amide bonds. The Labute approximate surface area is 143 Å². The van der Waals surface area contributed by atoms with E-state index in [9.17, 15) is 4.79 Å². The molecule has 0 aliphatic heterocycles. The van der Waals surface area contributed by atoms with E-state index in [0.29, 0.717) is 34.8 Å². The standard InChI is InChI=1S/C15H19N3O5S/c1-5-18-14(16-17-15(18)24-8-12(19)20)9-6-10(21-2)13(23-4)11(7-9)22-3/h6-7H,5,8H2,1-4H3,(H,19,20). The zero-order valence-corrected chi connectivity index (χ0v) is 14.7. The first kappa shape index (κ1) is 17.9. The van der Waals surface area contributed by atoms with E-state index in [4.69, 9.17) is 19.3 Å². The summed E-state index contributed by atoms with van der Waals surface area (Å²) >= 11 is 1.13. The fourth-order valence-electron chi connectivity index (χ4n) is 2.23. The predicted molar refractivity (Wildman–Crippen MR) is 89.1 cm³/mol. The zero-order valence-electron chi connectivity index (χ0n) is 13.9. The van der Waals surface area contributed by atoms with Gasteiger partial charge in [0.15, 0.2) is 22.5 Å². The quantitative estimate of drug-likeness (QED) is 0.721. The average Bonchev–Trinajstić information content (AvgIpc) is 3.01. The Kier molecular flexibility index (Phi) is 5.91. The van der Waals surface area contributed by atoms with Crippen LogP contribution >= 0.6 is 11.8 Å². The van der Waals surface area contributed by atoms with Crippen molar-refractivity contribution in [3.05, 3.63) is 12.1 Å². The van der Waals surface area contributed by atoms with Crippen molar-refractivity contribution in [3.63, 3.8) is 0 Å². The summed E-state index contributed by atoms with van der Waals surface area (Å²) in [5.41, 5.74) is 0.737. The molecule has 2 rings (SSSR count). The SMILES string of the molecule is CCn1c(SCC(=O)O)nnc1-c1cc(OC)c(OC)c(OC)c1. The van der Waals surface area contributed by atoms with Crippen LogP contribution in [0.25, 0.3) is 11.4 Å². The number of carboxylic acids is 1. The highest BCUT2D eigenvalue weighted by Gasteiger charge is 2.19. The van der Waals surface area contributed by atoms with Crippen LogP contribution in [0.5, 0.6) is 17.2 Å². The van der Waals surface area contributed by atoms with E-state index in [1.807, 2.05) is 11.5 Å². The summed E-state index contributed by atoms with van der Waals surface area (Å²) in [6.07, 6.45) is 0. The van der Waals surface area contributed by atoms with Gasteiger partial charge in [0.2, 0.25) is 5.75 Å². The molecule has 0 aliphatic carbocycles. The maximum atomic E-state index is 10.8. The summed E-state index contributed by atoms with van der Waals surface area (Å²) < 4.78 is 17.9. The second-order valence-corrected chi connectivity index (χ2v) is 5.59. The summed E-state index contributed by atoms with van der Waals surface area (Å²) in [6.45, 7) is 2.54. The number of rotatable bonds is 8. The van der Waals surface area contributed by atoms with Crippen molar-refractivity contribution in [2.75, 3.05) is 27.1 Å². The van der Waals surface area contributed by atoms with Gasteiger partial charge in [-0.05, 0) is 19.1 Å². The van der Waals surface area contributed by atoms with Gasteiger partial charge in [0, 0.05) is 12.1 Å². The van der Waals surface area contributed by atoms with E-state index in [2.05, 4.69) is 10.2 Å². The van der Waals surface area contributed by atoms with Gasteiger partial charge < -0.3 is 23.9 Å². The number of aromatic nitrogens is 3. The Balaban J connectivity index is 2.50. The highest BCUT2D eigenvalue weighted by molar-refractivity contribution is 7.99. The summed E-state index contributed by atoms with van der Waals surface area (Å²) in [5.74, 6) is 1.14. The first-order valence-electron chi connectivity index (χ1n) is 7.13. The van der Waals surface area contributed by atoms with Gasteiger partial charge in [-0.15, -0.1) is 10.2 Å². The molecule has 1 aromatic carbocycles. The normalized spacial score (nSPS) is 10.5. The van der Waals surface area contributed by atoms with Gasteiger partial charge in [-0.1, -0.05) is 11.8 Å². The van der Waals surface area contributed by atoms with E-state index in [0.717, 1.165) is 17.3 Å². The van der Waals surface area contributed by atoms with Crippen LogP contribution in [0.2, 0.25) is 0 Å². The fourth-order valence-corrected chi connectivity index (χ4v) is 2.95. The summed E-state index contributed by atoms with van der Waals surface area (Å²) in [6, 6.07) is 3.56. The molecule has 9 heteroatoms. The maximum Gasteiger partial charge on any atom is 0.313 e. The first-order valence-corrected chi connectivity index (χ1v) is 8.12. The molecule has 0 saturated heterocycles. The molecule has 8 nitrogen and oxygen atoms in total. The van der Waals surface area contributed by atoms with Crippen molar-refractivity contribution in [2.24, 2.45) is 0 Å². The fraction of sp³-hybridized carbons (Fsp3) is 0.400. The monoisotopic (exact) mass is 353 g/mol. The molecule has 0 bridgehead atoms. The molecule has 24 heavy (non-hydrogen) atoms. The summed E-state index contributed by atoms with van der Waals surface area (Å²) in [5, 5.41) is 17.7. The van der Waals surface area contributed by atoms with Crippen LogP contribution in [0, 0.1) is 0 Å². The van der Waals surface area contributed by atoms with Crippen LogP contribution in [-0.4, -0.2) is 52.9 Å². The Morgan fingerprint density at radius 3 is 2.25 bits per heavy atom. The number of benzene rings is 1. The van der Waals surface area contributed by atoms with Crippen LogP contribution in [0.4, 0.5) is 0 Å². The number of hydrogen-bond acceptors (Lipinski definition) is 7. The molecule has 1 aromatic heterocycles. The second-order valence-electron chi connectivity index (χ2n) is 4.65. The first-order chi connectivity index (χ1) is 11.5. The Bertz CT molecular complexity index is 707. The second kappa shape index (κ2) is 7.91. The van der Waals surface area contributed by atoms with Crippen LogP contribution in [-0.2, 0) is 11.3 Å². The molecule has 2 aromatic rings. The number of ether oxygens (including phenoxy) is 3. The van der Waals surface area contributed by atoms with Gasteiger partial charge in [-0.25, -0.2) is 0 Å². The van der Waals surface area contributed by atoms with E-state index in [1.165, 1.54) is 7.11 Å². The minimum absolute atomic E-state index is 0.0760. The van der Waals surface area contributed by atoms with Crippen molar-refractivity contribution in [1.82, 2.24) is 14.8 Å². The number of methoxy groups -OCH3 is 3. The van der Waals surface area contributed by atoms with Crippen molar-refractivity contribution >= 4 is 17.7 Å². The molecule has 130 valence electrons. The van der Waals surface area contributed by atoms with Gasteiger partial charge >= 0.3 is 5.97 Å². The molecule has 0 fully saturated rings. The highest BCUT2D eigenvalue weighted by Crippen LogP contribution is 2.41. The van der Waals surface area contributed by atoms with E-state index in [-0.39, 0.29) is 5.75 Å². The maximum absolute atomic E-state index is 10.8. The van der Waals surface area contributed by atoms with Crippen LogP contribution < -0.4 is 14.2 Å². The topological polar surface area (TPSA) is 95.7 Å². The average molecular weight is 353 g/mol. The van der Waals surface area contributed by atoms with Gasteiger partial charge in [-0.2, -0.15) is 0 Å². The van der Waals surface area contributed by atoms with Crippen molar-refractivity contribution in [3.8, 4) is 28.6 Å². The van der Waals surface area contributed by atoms with Crippen LogP contribution in [0.1, 0.15) is 6.92 Å². The third-order valence-corrected chi connectivity index (χ3v) is 4.23. The minimum atomic E-state index is -0.903. The molecular formula is C15H19N3O5S. The Morgan fingerprint density at radius 2 is 1.79 bits per heavy atom. The third kappa shape index (κ3) is 3.56. The van der Waals surface area contributed by atoms with Crippen molar-refractivity contribution in [2.45, 2.75) is 18.6 Å². The lowest BCUT2D eigenvalue weighted by atomic mass is 10.1. The van der Waals surface area contributed by atoms with Crippen molar-refractivity contribution < 1.29 is 24.1 Å². The molecule has 0 unspecified atom stereocenters. The van der Waals surface area contributed by atoms with E-state index in [1.54, 1.807) is 26.4 Å². The van der Waals surface area contributed by atoms with Gasteiger partial charge in [0.25, 0.3) is 0 Å². The Morgan fingerprint density at radius 1 is 1.17 bits per heavy atom. The number of carbonyl (C=O) groups is 1. The number of aliphatic carboxylic acids is 1. The van der Waals surface area contributed by atoms with Gasteiger partial charge in [-0.3, -0.25) is 4.79 Å². The largest absolute Gasteiger partial charge is 0.493 e. The van der Waals surface area contributed by atoms with E-state index < -0.39 is 5.97 Å². The Hall–Kier alpha value is -2.42. The van der Waals surface area contributed by atoms with E-state index >= 15 is 0 Å². The number of thioether (sulfide) groups is 1. The minimum Gasteiger partial charge on any atom is -0.493 e. The lowest BCUT2D eigenvalue weighted by Crippen LogP contribution is -2.04. The van der Waals surface area contributed by atoms with Crippen LogP contribution in [0.3, 0.4) is 0 Å². The highest BCUT2D eigenvalue weighted by atomic mass is 32.2. The van der Waals surface area contributed by atoms with Crippen molar-refractivity contribution in [1.29, 1.82) is 0 Å². The number of nitrogens with zero attached hydrogens (tertiary/aromatic N) is 3. The molecule has 0 saturated carbocycles. The predicted octanol–water partition coefficient (Wildman–Crippen LogP) is 2.17. The molecule has 0 radical (unpaired) electrons. The lowest BCUT2D eigenvalue weighted by Gasteiger charge is -2.14. The zero-order chi connectivity index (χ0) is 17.7. The molecule has 1 heterocycles. The molecule has 0 aliphatic rings. The third-order valence-electron chi connectivity index (χ3n) is 3.28. The van der Waals surface area contributed by atoms with Gasteiger partial charge in [0.05, 0.1) is 27.1 Å². The molecule has 0 atom stereocenters. The molecular weight excluding hydrogens is 334 g/mol. The molecule has 0 spiro atoms. The summed E-state index contributed by atoms with van der Waals surface area (Å²) in [7, 11) is 4.62. The number of hydrogen-bond donors (Lipinski definition) is 1. The molecule has 1 N–H and O–H groups in total. The summed E-state index contributed by atoms with van der Waals surface area (Å²) in [4.78, 5) is 10.8. The smallest absolute Gasteiger partial charge is 0.313 e. The number of carboxylic acid groups (broad SMARTS) is 1.